The Labute approximate surface area is 226 Å². The van der Waals surface area contributed by atoms with Gasteiger partial charge in [0, 0.05) is 0 Å². The van der Waals surface area contributed by atoms with Crippen molar-refractivity contribution >= 4 is 32.9 Å². The zero-order valence-corrected chi connectivity index (χ0v) is 24.4. The molecule has 1 heterocycles. The van der Waals surface area contributed by atoms with Gasteiger partial charge in [-0.2, -0.15) is 0 Å². The normalized spacial score (nSPS) is 48.6. The van der Waals surface area contributed by atoms with Crippen LogP contribution in [-0.4, -0.2) is 51.2 Å². The maximum atomic E-state index is 13.0. The number of hydrogen-bond donors (Lipinski definition) is 0. The Kier molecular flexibility index (Phi) is 7.20. The fraction of sp³-hybridized carbons (Fsp3) is 0.862. The summed E-state index contributed by atoms with van der Waals surface area (Å²) in [5, 5.41) is 10.1. The minimum absolute atomic E-state index is 0.0465. The monoisotopic (exact) mass is 579 g/mol. The molecule has 4 aliphatic carbocycles. The standard InChI is InChI=1S/C29H41NO6Se/c1-15-6-9-23(33)36-27-26(37-14-30)25-24(21-8-7-20(15)29(21,27)5)22(35-17(3)32)13-18-12-19(34-16(2)31)10-11-28(18,25)4/h15,18-22,24-27H,6-13H2,1-5H3/t15-,18+,19-,20-,21+,22-,24-,25-,26-,27+,28+,29-/m1/s1. The van der Waals surface area contributed by atoms with E-state index in [0.717, 1.165) is 44.9 Å². The van der Waals surface area contributed by atoms with E-state index >= 15 is 0 Å². The van der Waals surface area contributed by atoms with E-state index in [1.807, 2.05) is 0 Å². The first-order valence-electron chi connectivity index (χ1n) is 14.1. The van der Waals surface area contributed by atoms with Crippen LogP contribution in [0.1, 0.15) is 86.0 Å². The second-order valence-electron chi connectivity index (χ2n) is 13.0. The molecule has 5 fully saturated rings. The molecule has 12 atom stereocenters. The molecule has 5 rings (SSSR count). The number of ether oxygens (including phenoxy) is 3. The summed E-state index contributed by atoms with van der Waals surface area (Å²) in [5.74, 6) is 0.939. The van der Waals surface area contributed by atoms with Crippen LogP contribution < -0.4 is 0 Å². The predicted octanol–water partition coefficient (Wildman–Crippen LogP) is 4.65. The van der Waals surface area contributed by atoms with Gasteiger partial charge in [0.25, 0.3) is 0 Å². The van der Waals surface area contributed by atoms with Crippen molar-refractivity contribution in [3.63, 3.8) is 0 Å². The van der Waals surface area contributed by atoms with Gasteiger partial charge in [0.2, 0.25) is 0 Å². The number of carbonyl (C=O) groups excluding carboxylic acids is 3. The van der Waals surface area contributed by atoms with Gasteiger partial charge in [0.1, 0.15) is 0 Å². The predicted molar refractivity (Wildman–Crippen MR) is 136 cm³/mol. The zero-order chi connectivity index (χ0) is 26.7. The van der Waals surface area contributed by atoms with Gasteiger partial charge in [0.05, 0.1) is 0 Å². The van der Waals surface area contributed by atoms with Crippen molar-refractivity contribution in [1.29, 1.82) is 5.26 Å². The number of carbonyl (C=O) groups is 3. The average molecular weight is 579 g/mol. The van der Waals surface area contributed by atoms with E-state index in [0.29, 0.717) is 18.3 Å². The number of nitrogens with zero attached hydrogens (tertiary/aromatic N) is 1. The van der Waals surface area contributed by atoms with Crippen LogP contribution in [0, 0.1) is 56.6 Å². The van der Waals surface area contributed by atoms with Crippen LogP contribution in [0.5, 0.6) is 0 Å². The topological polar surface area (TPSA) is 103 Å². The molecular formula is C29H41NO6Se. The van der Waals surface area contributed by atoms with E-state index in [1.54, 1.807) is 0 Å². The van der Waals surface area contributed by atoms with E-state index in [9.17, 15) is 19.6 Å². The Balaban J connectivity index is 1.62. The fourth-order valence-corrected chi connectivity index (χ4v) is 12.5. The van der Waals surface area contributed by atoms with Gasteiger partial charge in [-0.1, -0.05) is 0 Å². The third-order valence-electron chi connectivity index (χ3n) is 11.3. The van der Waals surface area contributed by atoms with Crippen LogP contribution in [0.4, 0.5) is 0 Å². The van der Waals surface area contributed by atoms with Gasteiger partial charge in [-0.15, -0.1) is 0 Å². The summed E-state index contributed by atoms with van der Waals surface area (Å²) in [5.41, 5.74) is -0.322. The molecule has 5 aliphatic rings. The average Bonchev–Trinajstić information content (AvgIpc) is 3.16. The van der Waals surface area contributed by atoms with Gasteiger partial charge in [-0.05, 0) is 0 Å². The summed E-state index contributed by atoms with van der Waals surface area (Å²) in [7, 11) is 0. The molecule has 0 unspecified atom stereocenters. The van der Waals surface area contributed by atoms with Crippen LogP contribution in [0.2, 0.25) is 4.82 Å². The van der Waals surface area contributed by atoms with Gasteiger partial charge in [0.15, 0.2) is 0 Å². The number of esters is 3. The van der Waals surface area contributed by atoms with Crippen molar-refractivity contribution < 1.29 is 28.6 Å². The van der Waals surface area contributed by atoms with Crippen molar-refractivity contribution in [3.8, 4) is 4.97 Å². The summed E-state index contributed by atoms with van der Waals surface area (Å²) in [6.07, 6.45) is 5.98. The number of nitriles is 1. The Morgan fingerprint density at radius 1 is 1.05 bits per heavy atom. The number of hydrogen-bond acceptors (Lipinski definition) is 7. The third kappa shape index (κ3) is 4.33. The van der Waals surface area contributed by atoms with Crippen LogP contribution >= 0.6 is 0 Å². The second kappa shape index (κ2) is 9.87. The molecule has 0 radical (unpaired) electrons. The number of fused-ring (bicyclic) bond motifs is 4. The van der Waals surface area contributed by atoms with Gasteiger partial charge in [-0.25, -0.2) is 0 Å². The van der Waals surface area contributed by atoms with Crippen molar-refractivity contribution in [2.24, 2.45) is 46.3 Å². The van der Waals surface area contributed by atoms with E-state index in [1.165, 1.54) is 13.8 Å². The second-order valence-corrected chi connectivity index (χ2v) is 15.0. The molecule has 4 saturated carbocycles. The first-order chi connectivity index (χ1) is 17.5. The molecule has 7 nitrogen and oxygen atoms in total. The minimum atomic E-state index is -0.379. The third-order valence-corrected chi connectivity index (χ3v) is 13.2. The Morgan fingerprint density at radius 2 is 1.76 bits per heavy atom. The Morgan fingerprint density at radius 3 is 2.43 bits per heavy atom. The SMILES string of the molecule is CC(=O)O[C@@H]1CC[C@@]2(C)[C@@H](C1)C[C@@H](OC(C)=O)[C@@H]1[C@@H]2[C@@H]([Se]C#N)[C@@H]2OC(=O)CC[C@@H](C)[C@H]3CC[C@@H]1[C@@]32C. The molecule has 0 aromatic carbocycles. The zero-order valence-electron chi connectivity index (χ0n) is 22.7. The van der Waals surface area contributed by atoms with E-state index in [4.69, 9.17) is 14.2 Å². The van der Waals surface area contributed by atoms with Crippen molar-refractivity contribution in [3.05, 3.63) is 0 Å². The van der Waals surface area contributed by atoms with Gasteiger partial charge >= 0.3 is 227 Å². The van der Waals surface area contributed by atoms with Gasteiger partial charge < -0.3 is 0 Å². The first-order valence-corrected chi connectivity index (χ1v) is 15.9. The first kappa shape index (κ1) is 27.0. The van der Waals surface area contributed by atoms with Crippen molar-refractivity contribution in [2.45, 2.75) is 109 Å². The Bertz CT molecular complexity index is 995. The molecule has 0 aromatic heterocycles. The van der Waals surface area contributed by atoms with E-state index in [2.05, 4.69) is 25.7 Å². The molecule has 0 bridgehead atoms. The van der Waals surface area contributed by atoms with E-state index in [-0.39, 0.29) is 90.5 Å². The molecule has 0 aromatic rings. The summed E-state index contributed by atoms with van der Waals surface area (Å²) < 4.78 is 18.2. The quantitative estimate of drug-likeness (QED) is 0.273. The summed E-state index contributed by atoms with van der Waals surface area (Å²) in [6.45, 7) is 9.91. The Hall–Kier alpha value is -1.58. The number of rotatable bonds is 3. The molecule has 0 amide bonds. The summed E-state index contributed by atoms with van der Waals surface area (Å²) >= 11 is -0.379. The van der Waals surface area contributed by atoms with Crippen molar-refractivity contribution in [2.75, 3.05) is 0 Å². The molecule has 0 spiro atoms. The van der Waals surface area contributed by atoms with Gasteiger partial charge in [-0.3, -0.25) is 0 Å². The molecule has 1 aliphatic heterocycles. The molecule has 37 heavy (non-hydrogen) atoms. The maximum absolute atomic E-state index is 13.0. The van der Waals surface area contributed by atoms with Crippen LogP contribution in [-0.2, 0) is 28.6 Å². The summed E-state index contributed by atoms with van der Waals surface area (Å²) in [6, 6.07) is 0. The summed E-state index contributed by atoms with van der Waals surface area (Å²) in [4.78, 5) is 39.7. The van der Waals surface area contributed by atoms with Crippen LogP contribution in [0.15, 0.2) is 0 Å². The molecule has 204 valence electrons. The molecule has 1 saturated heterocycles. The molecule has 0 N–H and O–H groups in total. The van der Waals surface area contributed by atoms with E-state index < -0.39 is 0 Å². The van der Waals surface area contributed by atoms with Crippen LogP contribution in [0.3, 0.4) is 0 Å². The van der Waals surface area contributed by atoms with Crippen molar-refractivity contribution in [1.82, 2.24) is 0 Å². The fourth-order valence-electron chi connectivity index (χ4n) is 9.94. The van der Waals surface area contributed by atoms with Crippen LogP contribution in [0.25, 0.3) is 0 Å². The molecule has 8 heteroatoms. The molecular weight excluding hydrogens is 537 g/mol.